The van der Waals surface area contributed by atoms with E-state index in [1.165, 1.54) is 13.0 Å². The molecule has 0 aromatic carbocycles. The van der Waals surface area contributed by atoms with E-state index < -0.39 is 72.9 Å². The number of aliphatic hydroxyl groups excluding tert-OH is 9. The molecule has 0 amide bonds. The van der Waals surface area contributed by atoms with E-state index in [2.05, 4.69) is 0 Å². The molecule has 11 heteroatoms. The molecule has 46 heavy (non-hydrogen) atoms. The highest BCUT2D eigenvalue weighted by Gasteiger charge is 2.37. The molecule has 0 spiro atoms. The van der Waals surface area contributed by atoms with Crippen LogP contribution in [-0.4, -0.2) is 113 Å². The van der Waals surface area contributed by atoms with Crippen molar-refractivity contribution in [1.29, 1.82) is 0 Å². The Balaban J connectivity index is 3.14. The molecular formula is C35H58O11. The molecule has 0 unspecified atom stereocenters. The summed E-state index contributed by atoms with van der Waals surface area (Å²) in [5.41, 5.74) is 0.609. The first-order valence-electron chi connectivity index (χ1n) is 16.4. The van der Waals surface area contributed by atoms with E-state index in [0.29, 0.717) is 12.0 Å². The zero-order valence-corrected chi connectivity index (χ0v) is 27.5. The van der Waals surface area contributed by atoms with Gasteiger partial charge in [0.05, 0.1) is 48.8 Å². The second-order valence-corrected chi connectivity index (χ2v) is 12.4. The lowest BCUT2D eigenvalue weighted by atomic mass is 9.87. The van der Waals surface area contributed by atoms with Gasteiger partial charge in [-0.05, 0) is 51.5 Å². The summed E-state index contributed by atoms with van der Waals surface area (Å²) in [6.45, 7) is 5.18. The fourth-order valence-corrected chi connectivity index (χ4v) is 5.27. The highest BCUT2D eigenvalue weighted by Crippen LogP contribution is 2.24. The van der Waals surface area contributed by atoms with Gasteiger partial charge in [-0.1, -0.05) is 80.9 Å². The van der Waals surface area contributed by atoms with Gasteiger partial charge in [0.25, 0.3) is 0 Å². The van der Waals surface area contributed by atoms with Crippen LogP contribution in [0.3, 0.4) is 0 Å². The molecule has 0 saturated heterocycles. The zero-order chi connectivity index (χ0) is 34.6. The van der Waals surface area contributed by atoms with Crippen molar-refractivity contribution in [2.45, 2.75) is 146 Å². The molecule has 0 bridgehead atoms. The monoisotopic (exact) mass is 654 g/mol. The number of hydrogen-bond donors (Lipinski definition) is 9. The molecule has 0 saturated carbocycles. The van der Waals surface area contributed by atoms with E-state index in [4.69, 9.17) is 4.74 Å². The van der Waals surface area contributed by atoms with E-state index in [9.17, 15) is 50.8 Å². The number of cyclic esters (lactones) is 1. The molecule has 0 aromatic rings. The lowest BCUT2D eigenvalue weighted by Crippen LogP contribution is -2.43. The fraction of sp³-hybridized carbons (Fsp3) is 0.686. The van der Waals surface area contributed by atoms with Crippen LogP contribution >= 0.6 is 0 Å². The SMILES string of the molecule is CCCCC[C@@H](O)[C@H]1C(=O)O[C@@H](C)[C@@H](O)/C=C/C=C/C=C/C=C/C=C(/C)[C@@H](O)C[C@H](O)C[C@H](O)C[C@H](O)C[C@H](O)C[C@H](O)C[C@@H]1O. The molecule has 264 valence electrons. The quantitative estimate of drug-likeness (QED) is 0.154. The number of unbranched alkanes of at least 4 members (excludes halogenated alkanes) is 2. The van der Waals surface area contributed by atoms with E-state index in [0.717, 1.165) is 12.8 Å². The number of esters is 1. The molecule has 0 aromatic heterocycles. The van der Waals surface area contributed by atoms with Crippen molar-refractivity contribution < 1.29 is 55.5 Å². The summed E-state index contributed by atoms with van der Waals surface area (Å²) in [5.74, 6) is -2.33. The highest BCUT2D eigenvalue weighted by atomic mass is 16.6. The van der Waals surface area contributed by atoms with Crippen LogP contribution in [0.2, 0.25) is 0 Å². The number of carbonyl (C=O) groups is 1. The van der Waals surface area contributed by atoms with Gasteiger partial charge in [0.15, 0.2) is 0 Å². The summed E-state index contributed by atoms with van der Waals surface area (Å²) in [4.78, 5) is 13.1. The second-order valence-electron chi connectivity index (χ2n) is 12.4. The molecule has 1 rings (SSSR count). The van der Waals surface area contributed by atoms with Crippen LogP contribution in [0.1, 0.15) is 85.0 Å². The molecule has 0 fully saturated rings. The maximum Gasteiger partial charge on any atom is 0.314 e. The Morgan fingerprint density at radius 3 is 1.74 bits per heavy atom. The molecular weight excluding hydrogens is 596 g/mol. The first-order chi connectivity index (χ1) is 21.7. The molecule has 1 heterocycles. The number of carbonyl (C=O) groups excluding carboxylic acids is 1. The van der Waals surface area contributed by atoms with E-state index in [-0.39, 0.29) is 44.9 Å². The normalized spacial score (nSPS) is 38.6. The molecule has 0 aliphatic carbocycles. The van der Waals surface area contributed by atoms with E-state index in [1.54, 1.807) is 55.5 Å². The van der Waals surface area contributed by atoms with Gasteiger partial charge in [0, 0.05) is 12.8 Å². The van der Waals surface area contributed by atoms with Gasteiger partial charge in [-0.15, -0.1) is 0 Å². The van der Waals surface area contributed by atoms with Crippen molar-refractivity contribution in [2.24, 2.45) is 5.92 Å². The number of rotatable bonds is 5. The predicted octanol–water partition coefficient (Wildman–Crippen LogP) is 1.89. The molecule has 1 aliphatic rings. The minimum absolute atomic E-state index is 0.0162. The standard InChI is InChI=1S/C35H58O11/c1-4-5-11-16-31(42)34-33(44)22-29(40)20-27(38)18-25(36)17-26(37)19-28(39)21-32(43)23(2)14-12-9-7-6-8-10-13-15-30(41)24(3)46-35(34)45/h6-10,12-15,24-34,36-44H,4-5,11,16-22H2,1-3H3/b7-6+,10-8+,12-9+,15-13+,23-14-/t24-,25-,26+,27-,28+,29-,30-,31+,32-,33-,34+/m0/s1. The summed E-state index contributed by atoms with van der Waals surface area (Å²) in [5, 5.41) is 94.8. The first-order valence-corrected chi connectivity index (χ1v) is 16.4. The van der Waals surface area contributed by atoms with Crippen LogP contribution in [-0.2, 0) is 9.53 Å². The van der Waals surface area contributed by atoms with Gasteiger partial charge in [0.2, 0.25) is 0 Å². The lowest BCUT2D eigenvalue weighted by molar-refractivity contribution is -0.168. The minimum Gasteiger partial charge on any atom is -0.459 e. The lowest BCUT2D eigenvalue weighted by Gasteiger charge is -2.29. The first kappa shape index (κ1) is 41.8. The average molecular weight is 655 g/mol. The van der Waals surface area contributed by atoms with Crippen molar-refractivity contribution in [2.75, 3.05) is 0 Å². The fourth-order valence-electron chi connectivity index (χ4n) is 5.27. The third-order valence-corrected chi connectivity index (χ3v) is 8.03. The molecule has 0 radical (unpaired) electrons. The Hall–Kier alpha value is -2.19. The summed E-state index contributed by atoms with van der Waals surface area (Å²) < 4.78 is 5.42. The molecule has 11 nitrogen and oxygen atoms in total. The van der Waals surface area contributed by atoms with Crippen LogP contribution < -0.4 is 0 Å². The van der Waals surface area contributed by atoms with Gasteiger partial charge in [-0.2, -0.15) is 0 Å². The smallest absolute Gasteiger partial charge is 0.314 e. The summed E-state index contributed by atoms with van der Waals surface area (Å²) in [6, 6.07) is 0. The maximum atomic E-state index is 13.1. The highest BCUT2D eigenvalue weighted by molar-refractivity contribution is 5.74. The summed E-state index contributed by atoms with van der Waals surface area (Å²) in [6.07, 6.45) is 4.69. The van der Waals surface area contributed by atoms with Crippen molar-refractivity contribution in [3.63, 3.8) is 0 Å². The molecule has 11 atom stereocenters. The number of hydrogen-bond acceptors (Lipinski definition) is 11. The summed E-state index contributed by atoms with van der Waals surface area (Å²) >= 11 is 0. The Labute approximate surface area is 273 Å². The largest absolute Gasteiger partial charge is 0.459 e. The van der Waals surface area contributed by atoms with Crippen molar-refractivity contribution in [3.05, 3.63) is 60.3 Å². The summed E-state index contributed by atoms with van der Waals surface area (Å²) in [7, 11) is 0. The van der Waals surface area contributed by atoms with Crippen molar-refractivity contribution >= 4 is 5.97 Å². The van der Waals surface area contributed by atoms with Crippen molar-refractivity contribution in [3.8, 4) is 0 Å². The van der Waals surface area contributed by atoms with Crippen LogP contribution in [0.25, 0.3) is 0 Å². The van der Waals surface area contributed by atoms with Gasteiger partial charge in [-0.3, -0.25) is 4.79 Å². The number of allylic oxidation sites excluding steroid dienone is 8. The predicted molar refractivity (Wildman–Crippen MR) is 175 cm³/mol. The Kier molecular flexibility index (Phi) is 21.1. The second kappa shape index (κ2) is 23.2. The van der Waals surface area contributed by atoms with Gasteiger partial charge < -0.3 is 50.7 Å². The topological polar surface area (TPSA) is 208 Å². The Bertz CT molecular complexity index is 991. The number of aliphatic hydroxyl groups is 9. The Morgan fingerprint density at radius 1 is 0.717 bits per heavy atom. The van der Waals surface area contributed by atoms with Crippen LogP contribution in [0, 0.1) is 5.92 Å². The van der Waals surface area contributed by atoms with Crippen molar-refractivity contribution in [1.82, 2.24) is 0 Å². The third-order valence-electron chi connectivity index (χ3n) is 8.03. The third kappa shape index (κ3) is 17.7. The van der Waals surface area contributed by atoms with Gasteiger partial charge in [-0.25, -0.2) is 0 Å². The zero-order valence-electron chi connectivity index (χ0n) is 27.5. The number of ether oxygens (including phenoxy) is 1. The van der Waals surface area contributed by atoms with Crippen LogP contribution in [0.15, 0.2) is 60.3 Å². The van der Waals surface area contributed by atoms with E-state index in [1.807, 2.05) is 6.92 Å². The molecule has 9 N–H and O–H groups in total. The molecule has 1 aliphatic heterocycles. The van der Waals surface area contributed by atoms with Gasteiger partial charge >= 0.3 is 5.97 Å². The average Bonchev–Trinajstić information content (AvgIpc) is 2.94. The minimum atomic E-state index is -1.52. The maximum absolute atomic E-state index is 13.1. The van der Waals surface area contributed by atoms with Crippen LogP contribution in [0.4, 0.5) is 0 Å². The van der Waals surface area contributed by atoms with Gasteiger partial charge in [0.1, 0.15) is 18.1 Å². The van der Waals surface area contributed by atoms with E-state index >= 15 is 0 Å². The Morgan fingerprint density at radius 2 is 1.20 bits per heavy atom. The van der Waals surface area contributed by atoms with Crippen LogP contribution in [0.5, 0.6) is 0 Å².